The lowest BCUT2D eigenvalue weighted by molar-refractivity contribution is -0.0328. The summed E-state index contributed by atoms with van der Waals surface area (Å²) in [6, 6.07) is 29.7. The van der Waals surface area contributed by atoms with Crippen LogP contribution >= 0.6 is 0 Å². The summed E-state index contributed by atoms with van der Waals surface area (Å²) in [6.07, 6.45) is 0. The van der Waals surface area contributed by atoms with E-state index in [2.05, 4.69) is 0 Å². The number of benzene rings is 4. The zero-order valence-corrected chi connectivity index (χ0v) is 28.6. The number of hydrogen-bond donors (Lipinski definition) is 8. The molecule has 0 saturated heterocycles. The summed E-state index contributed by atoms with van der Waals surface area (Å²) in [7, 11) is -16.0. The van der Waals surface area contributed by atoms with Crippen molar-refractivity contribution in [3.8, 4) is 0 Å². The fourth-order valence-corrected chi connectivity index (χ4v) is 4.67. The Hall–Kier alpha value is -3.64. The van der Waals surface area contributed by atoms with Crippen LogP contribution in [0.2, 0.25) is 0 Å². The van der Waals surface area contributed by atoms with Crippen molar-refractivity contribution in [3.05, 3.63) is 121 Å². The van der Waals surface area contributed by atoms with E-state index in [-0.39, 0.29) is 19.6 Å². The van der Waals surface area contributed by atoms with E-state index in [4.69, 9.17) is 38.6 Å². The van der Waals surface area contributed by atoms with E-state index in [1.807, 2.05) is 0 Å². The molecule has 0 aliphatic carbocycles. The average molecular weight is 769 g/mol. The van der Waals surface area contributed by atoms with Gasteiger partial charge in [0, 0.05) is 0 Å². The van der Waals surface area contributed by atoms with Crippen LogP contribution in [-0.4, -0.2) is 98.7 Å². The first-order chi connectivity index (χ1) is 22.7. The fraction of sp³-hybridized carbons (Fsp3) is 0.172. The highest BCUT2D eigenvalue weighted by molar-refractivity contribution is 7.86. The van der Waals surface area contributed by atoms with Crippen LogP contribution in [0, 0.1) is 5.41 Å². The second kappa shape index (κ2) is 21.4. The Labute approximate surface area is 284 Å². The molecule has 4 aromatic carbocycles. The molecule has 0 fully saturated rings. The standard InChI is InChI=1S/4C6H6O3S.C5H12O4/c4*7-10(8,9)6-4-2-1-3-5-6;6-1-5(2-7,3-8)4-9/h4*1-5H,(H,7,8,9);6-9H,1-4H2. The van der Waals surface area contributed by atoms with Gasteiger partial charge in [0.15, 0.2) is 0 Å². The molecule has 0 bridgehead atoms. The highest BCUT2D eigenvalue weighted by Gasteiger charge is 2.26. The Balaban J connectivity index is 0.000000588. The van der Waals surface area contributed by atoms with Crippen LogP contribution in [0.1, 0.15) is 0 Å². The Morgan fingerprint density at radius 3 is 0.531 bits per heavy atom. The molecule has 0 amide bonds. The maximum absolute atomic E-state index is 10.4. The molecular weight excluding hydrogens is 733 g/mol. The van der Waals surface area contributed by atoms with Crippen molar-refractivity contribution in [2.75, 3.05) is 26.4 Å². The van der Waals surface area contributed by atoms with Gasteiger partial charge in [0.1, 0.15) is 0 Å². The van der Waals surface area contributed by atoms with Crippen molar-refractivity contribution in [1.82, 2.24) is 0 Å². The molecule has 4 rings (SSSR count). The molecule has 0 aliphatic rings. The van der Waals surface area contributed by atoms with E-state index in [1.165, 1.54) is 48.5 Å². The van der Waals surface area contributed by atoms with Crippen LogP contribution in [0.4, 0.5) is 0 Å². The second-order valence-electron chi connectivity index (χ2n) is 9.28. The third kappa shape index (κ3) is 19.2. The minimum Gasteiger partial charge on any atom is -0.396 e. The normalized spacial score (nSPS) is 11.4. The first-order valence-corrected chi connectivity index (χ1v) is 19.0. The molecule has 272 valence electrons. The molecule has 0 aliphatic heterocycles. The maximum Gasteiger partial charge on any atom is 0.294 e. The van der Waals surface area contributed by atoms with Crippen molar-refractivity contribution in [2.45, 2.75) is 19.6 Å². The van der Waals surface area contributed by atoms with E-state index in [0.717, 1.165) is 0 Å². The first kappa shape index (κ1) is 45.4. The van der Waals surface area contributed by atoms with Gasteiger partial charge in [-0.05, 0) is 48.5 Å². The van der Waals surface area contributed by atoms with Gasteiger partial charge in [-0.2, -0.15) is 33.7 Å². The van der Waals surface area contributed by atoms with Gasteiger partial charge >= 0.3 is 0 Å². The number of rotatable bonds is 8. The smallest absolute Gasteiger partial charge is 0.294 e. The second-order valence-corrected chi connectivity index (χ2v) is 15.0. The van der Waals surface area contributed by atoms with Crippen LogP contribution < -0.4 is 0 Å². The summed E-state index contributed by atoms with van der Waals surface area (Å²) in [4.78, 5) is -0.296. The molecule has 0 saturated carbocycles. The maximum atomic E-state index is 10.4. The first-order valence-electron chi connectivity index (χ1n) is 13.2. The average Bonchev–Trinajstić information content (AvgIpc) is 3.07. The van der Waals surface area contributed by atoms with Gasteiger partial charge in [-0.3, -0.25) is 18.2 Å². The lowest BCUT2D eigenvalue weighted by atomic mass is 9.93. The van der Waals surface area contributed by atoms with E-state index < -0.39 is 72.3 Å². The quantitative estimate of drug-likeness (QED) is 0.118. The predicted molar refractivity (Wildman–Crippen MR) is 176 cm³/mol. The Morgan fingerprint density at radius 1 is 0.327 bits per heavy atom. The van der Waals surface area contributed by atoms with Crippen LogP contribution in [0.5, 0.6) is 0 Å². The van der Waals surface area contributed by atoms with E-state index in [9.17, 15) is 33.7 Å². The van der Waals surface area contributed by atoms with Crippen LogP contribution in [0.3, 0.4) is 0 Å². The molecule has 0 atom stereocenters. The van der Waals surface area contributed by atoms with E-state index >= 15 is 0 Å². The molecule has 0 aromatic heterocycles. The predicted octanol–water partition coefficient (Wildman–Crippen LogP) is 1.68. The molecule has 0 spiro atoms. The zero-order chi connectivity index (χ0) is 37.8. The summed E-state index contributed by atoms with van der Waals surface area (Å²) in [6.45, 7) is -1.62. The van der Waals surface area contributed by atoms with Crippen LogP contribution in [-0.2, 0) is 40.5 Å². The van der Waals surface area contributed by atoms with Gasteiger partial charge < -0.3 is 20.4 Å². The SMILES string of the molecule is O=S(=O)(O)c1ccccc1.O=S(=O)(O)c1ccccc1.O=S(=O)(O)c1ccccc1.O=S(=O)(O)c1ccccc1.OCC(CO)(CO)CO. The van der Waals surface area contributed by atoms with Gasteiger partial charge in [0.25, 0.3) is 40.5 Å². The lowest BCUT2D eigenvalue weighted by Crippen LogP contribution is -2.37. The third-order valence-electron chi connectivity index (χ3n) is 5.51. The molecule has 49 heavy (non-hydrogen) atoms. The summed E-state index contributed by atoms with van der Waals surface area (Å²) >= 11 is 0. The molecular formula is C29H36O16S4. The molecule has 4 aromatic rings. The minimum atomic E-state index is -4.00. The van der Waals surface area contributed by atoms with Gasteiger partial charge in [0.05, 0.1) is 51.4 Å². The van der Waals surface area contributed by atoms with Crippen molar-refractivity contribution >= 4 is 40.5 Å². The Kier molecular flexibility index (Phi) is 19.9. The molecule has 0 unspecified atom stereocenters. The largest absolute Gasteiger partial charge is 0.396 e. The molecule has 0 heterocycles. The van der Waals surface area contributed by atoms with Gasteiger partial charge in [0.2, 0.25) is 0 Å². The Morgan fingerprint density at radius 2 is 0.469 bits per heavy atom. The topological polar surface area (TPSA) is 298 Å². The van der Waals surface area contributed by atoms with Crippen LogP contribution in [0.25, 0.3) is 0 Å². The fourth-order valence-electron chi connectivity index (χ4n) is 2.67. The monoisotopic (exact) mass is 768 g/mol. The van der Waals surface area contributed by atoms with Crippen molar-refractivity contribution in [1.29, 1.82) is 0 Å². The number of aliphatic hydroxyl groups is 4. The minimum absolute atomic E-state index is 0.0741. The zero-order valence-electron chi connectivity index (χ0n) is 25.4. The van der Waals surface area contributed by atoms with Crippen LogP contribution in [0.15, 0.2) is 141 Å². The Bertz CT molecular complexity index is 1630. The summed E-state index contributed by atoms with van der Waals surface area (Å²) in [5, 5.41) is 34.0. The van der Waals surface area contributed by atoms with Gasteiger partial charge in [-0.1, -0.05) is 72.8 Å². The van der Waals surface area contributed by atoms with E-state index in [0.29, 0.717) is 0 Å². The van der Waals surface area contributed by atoms with Gasteiger partial charge in [-0.25, -0.2) is 0 Å². The molecule has 16 nitrogen and oxygen atoms in total. The summed E-state index contributed by atoms with van der Waals surface area (Å²) in [5.41, 5.74) is -1.11. The number of aliphatic hydroxyl groups excluding tert-OH is 4. The summed E-state index contributed by atoms with van der Waals surface area (Å²) in [5.74, 6) is 0. The van der Waals surface area contributed by atoms with Crippen molar-refractivity contribution < 1.29 is 72.3 Å². The molecule has 8 N–H and O–H groups in total. The van der Waals surface area contributed by atoms with Crippen molar-refractivity contribution in [3.63, 3.8) is 0 Å². The van der Waals surface area contributed by atoms with E-state index in [1.54, 1.807) is 72.8 Å². The third-order valence-corrected chi connectivity index (χ3v) is 8.98. The lowest BCUT2D eigenvalue weighted by Gasteiger charge is -2.23. The summed E-state index contributed by atoms with van der Waals surface area (Å²) < 4.78 is 117. The molecule has 20 heteroatoms. The van der Waals surface area contributed by atoms with Crippen molar-refractivity contribution in [2.24, 2.45) is 5.41 Å². The van der Waals surface area contributed by atoms with Gasteiger partial charge in [-0.15, -0.1) is 0 Å². The highest BCUT2D eigenvalue weighted by atomic mass is 32.2. The number of hydrogen-bond acceptors (Lipinski definition) is 12. The molecule has 0 radical (unpaired) electrons. The highest BCUT2D eigenvalue weighted by Crippen LogP contribution is 2.12.